The van der Waals surface area contributed by atoms with Gasteiger partial charge in [0.25, 0.3) is 5.91 Å². The fourth-order valence-corrected chi connectivity index (χ4v) is 9.42. The van der Waals surface area contributed by atoms with Crippen molar-refractivity contribution >= 4 is 56.5 Å². The van der Waals surface area contributed by atoms with Crippen molar-refractivity contribution in [2.75, 3.05) is 15.1 Å². The first kappa shape index (κ1) is 45.0. The van der Waals surface area contributed by atoms with E-state index in [0.29, 0.717) is 5.57 Å². The predicted molar refractivity (Wildman–Crippen MR) is 304 cm³/mol. The van der Waals surface area contributed by atoms with Gasteiger partial charge in [-0.1, -0.05) is 195 Å². The minimum atomic E-state index is -0.187. The van der Waals surface area contributed by atoms with Crippen LogP contribution < -0.4 is 15.1 Å². The molecule has 1 N–H and O–H groups in total. The Kier molecular flexibility index (Phi) is 12.6. The molecule has 0 fully saturated rings. The smallest absolute Gasteiger partial charge is 0.250 e. The number of hydrogen-bond donors (Lipinski definition) is 1. The van der Waals surface area contributed by atoms with Crippen molar-refractivity contribution in [3.05, 3.63) is 285 Å². The maximum atomic E-state index is 12.2. The van der Waals surface area contributed by atoms with Crippen LogP contribution >= 0.6 is 0 Å². The Morgan fingerprint density at radius 1 is 0.319 bits per heavy atom. The lowest BCUT2D eigenvalue weighted by molar-refractivity contribution is -0.112. The third-order valence-electron chi connectivity index (χ3n) is 13.3. The van der Waals surface area contributed by atoms with E-state index in [2.05, 4.69) is 270 Å². The molecule has 0 aliphatic heterocycles. The van der Waals surface area contributed by atoms with Crippen LogP contribution in [-0.4, -0.2) is 5.91 Å². The summed E-state index contributed by atoms with van der Waals surface area (Å²) < 4.78 is 0. The van der Waals surface area contributed by atoms with Gasteiger partial charge < -0.3 is 15.1 Å². The molecule has 0 saturated heterocycles. The van der Waals surface area contributed by atoms with Gasteiger partial charge >= 0.3 is 0 Å². The van der Waals surface area contributed by atoms with Gasteiger partial charge in [-0.25, -0.2) is 0 Å². The summed E-state index contributed by atoms with van der Waals surface area (Å²) in [6.07, 6.45) is 0. The van der Waals surface area contributed by atoms with Gasteiger partial charge in [0.15, 0.2) is 0 Å². The van der Waals surface area contributed by atoms with Crippen LogP contribution in [0.1, 0.15) is 6.92 Å². The number of rotatable bonds is 13. The number of nitrogens with zero attached hydrogens (tertiary/aromatic N) is 2. The van der Waals surface area contributed by atoms with Gasteiger partial charge in [0.05, 0.1) is 0 Å². The summed E-state index contributed by atoms with van der Waals surface area (Å²) in [5, 5.41) is 5.36. The predicted octanol–water partition coefficient (Wildman–Crippen LogP) is 18.6. The van der Waals surface area contributed by atoms with Crippen molar-refractivity contribution in [3.8, 4) is 55.6 Å². The number of nitrogens with one attached hydrogen (secondary N) is 1. The summed E-state index contributed by atoms with van der Waals surface area (Å²) in [5.74, 6) is -0.187. The molecule has 0 aliphatic carbocycles. The van der Waals surface area contributed by atoms with Gasteiger partial charge in [-0.15, -0.1) is 0 Å². The van der Waals surface area contributed by atoms with E-state index in [4.69, 9.17) is 0 Å². The lowest BCUT2D eigenvalue weighted by Crippen LogP contribution is -2.11. The van der Waals surface area contributed by atoms with Crippen molar-refractivity contribution in [3.63, 3.8) is 0 Å². The van der Waals surface area contributed by atoms with Gasteiger partial charge in [-0.2, -0.15) is 0 Å². The normalized spacial score (nSPS) is 11.0. The number of amides is 1. The standard InChI is InChI=1S/C68H51N3O/c1-48(2)68(72)69-59-34-20-51(21-35-59)54-26-40-63(41-27-54)71(65-46-32-58(33-47-65)67-19-11-17-57-16-9-10-18-66(57)67)64-44-30-56(31-45-64)55-28-42-62(43-29-55)70(60-36-22-52(23-37-60)49-12-5-3-6-13-49)61-38-24-53(25-39-61)50-14-7-4-8-15-50/h3-47H,1H2,2H3,(H,69,72). The van der Waals surface area contributed by atoms with Gasteiger partial charge in [-0.05, 0) is 158 Å². The molecule has 0 radical (unpaired) electrons. The van der Waals surface area contributed by atoms with Crippen LogP contribution in [0.3, 0.4) is 0 Å². The lowest BCUT2D eigenvalue weighted by atomic mass is 9.98. The van der Waals surface area contributed by atoms with Crippen LogP contribution in [0, 0.1) is 0 Å². The maximum Gasteiger partial charge on any atom is 0.250 e. The second-order valence-corrected chi connectivity index (χ2v) is 18.0. The zero-order chi connectivity index (χ0) is 48.8. The Labute approximate surface area is 422 Å². The number of benzene rings is 11. The number of anilines is 7. The van der Waals surface area contributed by atoms with Crippen LogP contribution in [0.5, 0.6) is 0 Å². The third kappa shape index (κ3) is 9.58. The number of carbonyl (C=O) groups is 1. The molecular weight excluding hydrogens is 875 g/mol. The summed E-state index contributed by atoms with van der Waals surface area (Å²) in [6.45, 7) is 5.46. The first-order chi connectivity index (χ1) is 35.4. The SMILES string of the molecule is C=C(C)C(=O)Nc1ccc(-c2ccc(N(c3ccc(-c4ccc(N(c5ccc(-c6ccccc6)cc5)c5ccc(-c6ccccc6)cc5)cc4)cc3)c3ccc(-c4cccc5ccccc45)cc3)cc2)cc1. The summed E-state index contributed by atoms with van der Waals surface area (Å²) >= 11 is 0. The fourth-order valence-electron chi connectivity index (χ4n) is 9.42. The van der Waals surface area contributed by atoms with Crippen molar-refractivity contribution in [2.24, 2.45) is 0 Å². The van der Waals surface area contributed by atoms with E-state index in [1.807, 2.05) is 24.3 Å². The fraction of sp³-hybridized carbons (Fsp3) is 0.0147. The van der Waals surface area contributed by atoms with Crippen LogP contribution in [0.15, 0.2) is 285 Å². The molecule has 0 spiro atoms. The van der Waals surface area contributed by atoms with E-state index in [0.717, 1.165) is 62.1 Å². The second-order valence-electron chi connectivity index (χ2n) is 18.0. The summed E-state index contributed by atoms with van der Waals surface area (Å²) in [7, 11) is 0. The molecule has 0 atom stereocenters. The van der Waals surface area contributed by atoms with E-state index in [1.54, 1.807) is 6.92 Å². The highest BCUT2D eigenvalue weighted by Crippen LogP contribution is 2.41. The molecule has 4 nitrogen and oxygen atoms in total. The topological polar surface area (TPSA) is 35.6 Å². The first-order valence-corrected chi connectivity index (χ1v) is 24.3. The average Bonchev–Trinajstić information content (AvgIpc) is 3.45. The highest BCUT2D eigenvalue weighted by molar-refractivity contribution is 6.03. The van der Waals surface area contributed by atoms with Gasteiger partial charge in [-0.3, -0.25) is 4.79 Å². The van der Waals surface area contributed by atoms with Crippen molar-refractivity contribution < 1.29 is 4.79 Å². The molecule has 4 heteroatoms. The van der Waals surface area contributed by atoms with Gasteiger partial charge in [0.2, 0.25) is 0 Å². The summed E-state index contributed by atoms with van der Waals surface area (Å²) in [5.41, 5.74) is 19.1. The molecule has 0 unspecified atom stereocenters. The molecule has 11 aromatic carbocycles. The molecule has 0 saturated carbocycles. The van der Waals surface area contributed by atoms with Crippen molar-refractivity contribution in [2.45, 2.75) is 6.92 Å². The molecular formula is C68H51N3O. The first-order valence-electron chi connectivity index (χ1n) is 24.3. The Hall–Kier alpha value is -9.51. The molecule has 11 aromatic rings. The molecule has 0 bridgehead atoms. The maximum absolute atomic E-state index is 12.2. The molecule has 0 aliphatic rings. The van der Waals surface area contributed by atoms with Crippen molar-refractivity contribution in [1.29, 1.82) is 0 Å². The number of fused-ring (bicyclic) bond motifs is 1. The average molecular weight is 926 g/mol. The minimum Gasteiger partial charge on any atom is -0.322 e. The monoisotopic (exact) mass is 925 g/mol. The second kappa shape index (κ2) is 20.2. The minimum absolute atomic E-state index is 0.187. The molecule has 0 heterocycles. The lowest BCUT2D eigenvalue weighted by Gasteiger charge is -2.27. The molecule has 1 amide bonds. The van der Waals surface area contributed by atoms with E-state index in [1.165, 1.54) is 44.2 Å². The van der Waals surface area contributed by atoms with E-state index in [-0.39, 0.29) is 5.91 Å². The molecule has 344 valence electrons. The Morgan fingerprint density at radius 3 is 0.972 bits per heavy atom. The third-order valence-corrected chi connectivity index (χ3v) is 13.3. The highest BCUT2D eigenvalue weighted by atomic mass is 16.1. The largest absolute Gasteiger partial charge is 0.322 e. The molecule has 0 aromatic heterocycles. The van der Waals surface area contributed by atoms with Crippen LogP contribution in [0.4, 0.5) is 39.8 Å². The number of carbonyl (C=O) groups excluding carboxylic acids is 1. The zero-order valence-corrected chi connectivity index (χ0v) is 40.0. The number of hydrogen-bond acceptors (Lipinski definition) is 3. The van der Waals surface area contributed by atoms with E-state index in [9.17, 15) is 4.79 Å². The summed E-state index contributed by atoms with van der Waals surface area (Å²) in [4.78, 5) is 16.9. The highest BCUT2D eigenvalue weighted by Gasteiger charge is 2.17. The van der Waals surface area contributed by atoms with Gasteiger partial charge in [0, 0.05) is 45.4 Å². The van der Waals surface area contributed by atoms with E-state index < -0.39 is 0 Å². The molecule has 11 rings (SSSR count). The Balaban J connectivity index is 0.902. The van der Waals surface area contributed by atoms with Crippen molar-refractivity contribution in [1.82, 2.24) is 0 Å². The molecule has 72 heavy (non-hydrogen) atoms. The summed E-state index contributed by atoms with van der Waals surface area (Å²) in [6, 6.07) is 96.9. The van der Waals surface area contributed by atoms with Gasteiger partial charge in [0.1, 0.15) is 0 Å². The quantitative estimate of drug-likeness (QED) is 0.117. The zero-order valence-electron chi connectivity index (χ0n) is 40.0. The Bertz CT molecular complexity index is 3540. The van der Waals surface area contributed by atoms with Crippen LogP contribution in [-0.2, 0) is 4.79 Å². The Morgan fingerprint density at radius 2 is 0.611 bits per heavy atom. The van der Waals surface area contributed by atoms with Crippen LogP contribution in [0.25, 0.3) is 66.4 Å². The van der Waals surface area contributed by atoms with E-state index >= 15 is 0 Å². The van der Waals surface area contributed by atoms with Crippen LogP contribution in [0.2, 0.25) is 0 Å².